The Morgan fingerprint density at radius 1 is 0.582 bits per heavy atom. The quantitative estimate of drug-likeness (QED) is 0.0854. The van der Waals surface area contributed by atoms with Gasteiger partial charge < -0.3 is 101 Å². The van der Waals surface area contributed by atoms with E-state index in [0.29, 0.717) is 0 Å². The van der Waals surface area contributed by atoms with Crippen LogP contribution in [0.1, 0.15) is 50.9 Å². The highest BCUT2D eigenvalue weighted by Crippen LogP contribution is 2.56. The maximum absolute atomic E-state index is 13.5. The minimum Gasteiger partial charge on any atom is -0.507 e. The number of esters is 1. The Balaban J connectivity index is 1.58. The van der Waals surface area contributed by atoms with Crippen molar-refractivity contribution in [3.63, 3.8) is 0 Å². The first-order chi connectivity index (χ1) is 25.9. The molecule has 300 valence electrons. The first kappa shape index (κ1) is 39.6. The molecule has 3 heterocycles. The zero-order chi connectivity index (χ0) is 40.4. The smallest absolute Gasteiger partial charge is 0.338 e. The van der Waals surface area contributed by atoms with Crippen LogP contribution in [-0.2, 0) is 20.6 Å². The number of aliphatic hydroxyl groups is 8. The summed E-state index contributed by atoms with van der Waals surface area (Å²) in [5.74, 6) is -9.59. The number of fused-ring (bicyclic) bond motifs is 1. The van der Waals surface area contributed by atoms with Gasteiger partial charge in [-0.15, -0.1) is 0 Å². The van der Waals surface area contributed by atoms with Crippen molar-refractivity contribution in [2.45, 2.75) is 79.7 Å². The van der Waals surface area contributed by atoms with E-state index in [2.05, 4.69) is 0 Å². The maximum atomic E-state index is 13.5. The Bertz CT molecular complexity index is 1900. The molecule has 0 bridgehead atoms. The van der Waals surface area contributed by atoms with Gasteiger partial charge in [0, 0.05) is 17.5 Å². The first-order valence-corrected chi connectivity index (χ1v) is 16.5. The molecular weight excluding hydrogens is 744 g/mol. The third kappa shape index (κ3) is 6.69. The highest BCUT2D eigenvalue weighted by Gasteiger charge is 2.52. The van der Waals surface area contributed by atoms with Crippen LogP contribution in [0, 0.1) is 0 Å². The number of phenolic OH excluding ortho intramolecular Hbond substituents is 8. The Kier molecular flexibility index (Phi) is 10.7. The molecule has 3 aromatic carbocycles. The van der Waals surface area contributed by atoms with Crippen molar-refractivity contribution in [1.29, 1.82) is 0 Å². The third-order valence-corrected chi connectivity index (χ3v) is 9.90. The van der Waals surface area contributed by atoms with Crippen LogP contribution in [0.2, 0.25) is 0 Å². The highest BCUT2D eigenvalue weighted by molar-refractivity contribution is 5.91. The number of rotatable bonds is 7. The van der Waals surface area contributed by atoms with E-state index in [1.54, 1.807) is 0 Å². The van der Waals surface area contributed by atoms with E-state index in [4.69, 9.17) is 18.9 Å². The second kappa shape index (κ2) is 14.9. The molecule has 0 amide bonds. The van der Waals surface area contributed by atoms with Gasteiger partial charge in [-0.05, 0) is 24.3 Å². The van der Waals surface area contributed by atoms with Crippen LogP contribution in [0.5, 0.6) is 51.7 Å². The topological polar surface area (TPSA) is 378 Å². The summed E-state index contributed by atoms with van der Waals surface area (Å²) in [5, 5.41) is 168. The van der Waals surface area contributed by atoms with Gasteiger partial charge in [-0.2, -0.15) is 0 Å². The van der Waals surface area contributed by atoms with Crippen LogP contribution in [-0.4, -0.2) is 156 Å². The monoisotopic (exact) mass is 782 g/mol. The van der Waals surface area contributed by atoms with Gasteiger partial charge in [-0.25, -0.2) is 4.79 Å². The van der Waals surface area contributed by atoms with Gasteiger partial charge in [0.1, 0.15) is 84.4 Å². The van der Waals surface area contributed by atoms with Crippen LogP contribution in [0.4, 0.5) is 0 Å². The standard InChI is InChI=1S/C34H38O21/c35-6-16-23(44)26(47)28(49)32(52-16)18-20(41)10-5-15(54-34(51)9-3-13(39)22(43)14(40)4-9)30(8-1-11(37)21(42)12(38)2-8)55-31(10)19(25(18)46)33-29(50)27(48)24(45)17(7-36)53-33/h1-4,15-17,23-24,26-30,32-33,35-50H,5-7H2/t15-,16-,17-,23-,24-,26+,27+,28-,29-,30-,32+,33+/m1/s1. The zero-order valence-corrected chi connectivity index (χ0v) is 28.1. The average Bonchev–Trinajstić information content (AvgIpc) is 3.15. The Morgan fingerprint density at radius 3 is 1.51 bits per heavy atom. The number of hydrogen-bond donors (Lipinski definition) is 16. The molecule has 2 fully saturated rings. The summed E-state index contributed by atoms with van der Waals surface area (Å²) in [7, 11) is 0. The Hall–Kier alpha value is -5.07. The molecule has 21 nitrogen and oxygen atoms in total. The van der Waals surface area contributed by atoms with Gasteiger partial charge in [0.05, 0.1) is 29.9 Å². The fourth-order valence-corrected chi connectivity index (χ4v) is 6.95. The van der Waals surface area contributed by atoms with Crippen molar-refractivity contribution in [3.8, 4) is 51.7 Å². The van der Waals surface area contributed by atoms with Crippen LogP contribution in [0.3, 0.4) is 0 Å². The number of carbonyl (C=O) groups excluding carboxylic acids is 1. The summed E-state index contributed by atoms with van der Waals surface area (Å²) < 4.78 is 23.1. The molecule has 0 aromatic heterocycles. The predicted octanol–water partition coefficient (Wildman–Crippen LogP) is -2.74. The number of benzene rings is 3. The van der Waals surface area contributed by atoms with Crippen LogP contribution in [0.25, 0.3) is 0 Å². The maximum Gasteiger partial charge on any atom is 0.338 e. The SMILES string of the molecule is O=C(O[C@@H]1Cc2c(O)c([C@@H]3O[C@H](CO)[C@@H](O)[C@H](O)[C@H]3O)c(O)c([C@@H]3O[C@H](CO)[C@@H](O)[C@H](O)[C@H]3O)c2O[C@@H]1c1cc(O)c(O)c(O)c1)c1cc(O)c(O)c(O)c1. The van der Waals surface area contributed by atoms with Gasteiger partial charge in [-0.1, -0.05) is 0 Å². The van der Waals surface area contributed by atoms with E-state index in [0.717, 1.165) is 24.3 Å². The normalized spacial score (nSPS) is 32.0. The molecule has 55 heavy (non-hydrogen) atoms. The van der Waals surface area contributed by atoms with Gasteiger partial charge >= 0.3 is 5.97 Å². The van der Waals surface area contributed by atoms with Crippen LogP contribution < -0.4 is 4.74 Å². The van der Waals surface area contributed by atoms with Gasteiger partial charge in [0.2, 0.25) is 0 Å². The van der Waals surface area contributed by atoms with Gasteiger partial charge in [0.15, 0.2) is 40.6 Å². The summed E-state index contributed by atoms with van der Waals surface area (Å²) in [6.45, 7) is -1.89. The van der Waals surface area contributed by atoms with Crippen molar-refractivity contribution >= 4 is 5.97 Å². The highest BCUT2D eigenvalue weighted by atomic mass is 16.6. The molecular formula is C34H38O21. The van der Waals surface area contributed by atoms with E-state index in [9.17, 15) is 86.5 Å². The van der Waals surface area contributed by atoms with E-state index in [-0.39, 0.29) is 5.56 Å². The predicted molar refractivity (Wildman–Crippen MR) is 174 cm³/mol. The van der Waals surface area contributed by atoms with E-state index >= 15 is 0 Å². The summed E-state index contributed by atoms with van der Waals surface area (Å²) >= 11 is 0. The van der Waals surface area contributed by atoms with E-state index in [1.807, 2.05) is 0 Å². The minimum atomic E-state index is -2.14. The van der Waals surface area contributed by atoms with Crippen molar-refractivity contribution in [1.82, 2.24) is 0 Å². The second-order valence-corrected chi connectivity index (χ2v) is 13.3. The molecule has 16 N–H and O–H groups in total. The van der Waals surface area contributed by atoms with Crippen LogP contribution >= 0.6 is 0 Å². The van der Waals surface area contributed by atoms with Crippen molar-refractivity contribution < 1.29 is 105 Å². The lowest BCUT2D eigenvalue weighted by Crippen LogP contribution is -2.56. The fourth-order valence-electron chi connectivity index (χ4n) is 6.95. The number of aromatic hydroxyl groups is 8. The van der Waals surface area contributed by atoms with Crippen molar-refractivity contribution in [3.05, 3.63) is 52.1 Å². The number of hydrogen-bond acceptors (Lipinski definition) is 21. The molecule has 21 heteroatoms. The third-order valence-electron chi connectivity index (χ3n) is 9.90. The largest absolute Gasteiger partial charge is 0.507 e. The number of ether oxygens (including phenoxy) is 4. The van der Waals surface area contributed by atoms with Gasteiger partial charge in [0.25, 0.3) is 0 Å². The lowest BCUT2D eigenvalue weighted by molar-refractivity contribution is -0.234. The lowest BCUT2D eigenvalue weighted by Gasteiger charge is -2.44. The number of aliphatic hydroxyl groups excluding tert-OH is 8. The minimum absolute atomic E-state index is 0.246. The van der Waals surface area contributed by atoms with Crippen molar-refractivity contribution in [2.24, 2.45) is 0 Å². The summed E-state index contributed by atoms with van der Waals surface area (Å²) in [6.07, 6.45) is -23.5. The van der Waals surface area contributed by atoms with Gasteiger partial charge in [-0.3, -0.25) is 0 Å². The zero-order valence-electron chi connectivity index (χ0n) is 28.1. The molecule has 0 radical (unpaired) electrons. The van der Waals surface area contributed by atoms with E-state index in [1.165, 1.54) is 0 Å². The molecule has 3 aliphatic heterocycles. The molecule has 12 atom stereocenters. The summed E-state index contributed by atoms with van der Waals surface area (Å²) in [4.78, 5) is 13.5. The van der Waals surface area contributed by atoms with Crippen molar-refractivity contribution in [2.75, 3.05) is 13.2 Å². The molecule has 6 rings (SSSR count). The Morgan fingerprint density at radius 2 is 1.04 bits per heavy atom. The molecule has 0 saturated carbocycles. The average molecular weight is 783 g/mol. The summed E-state index contributed by atoms with van der Waals surface area (Å²) in [6, 6.07) is 3.21. The fraction of sp³-hybridized carbons (Fsp3) is 0.441. The molecule has 3 aliphatic rings. The number of carbonyl (C=O) groups is 1. The first-order valence-electron chi connectivity index (χ1n) is 16.5. The summed E-state index contributed by atoms with van der Waals surface area (Å²) in [5.41, 5.74) is -2.65. The number of phenols is 8. The molecule has 0 aliphatic carbocycles. The molecule has 3 aromatic rings. The molecule has 2 saturated heterocycles. The molecule has 0 unspecified atom stereocenters. The second-order valence-electron chi connectivity index (χ2n) is 13.3. The van der Waals surface area contributed by atoms with E-state index < -0.39 is 173 Å². The lowest BCUT2D eigenvalue weighted by atomic mass is 9.82. The molecule has 0 spiro atoms. The van der Waals surface area contributed by atoms with Crippen LogP contribution in [0.15, 0.2) is 24.3 Å². The Labute approximate surface area is 308 Å².